The number of methoxy groups -OCH3 is 1. The number of para-hydroxylation sites is 1. The fourth-order valence-electron chi connectivity index (χ4n) is 2.22. The number of rotatable bonds is 7. The van der Waals surface area contributed by atoms with Crippen LogP contribution in [0.5, 0.6) is 0 Å². The van der Waals surface area contributed by atoms with Crippen molar-refractivity contribution in [3.63, 3.8) is 0 Å². The van der Waals surface area contributed by atoms with Crippen molar-refractivity contribution in [3.8, 4) is 0 Å². The number of ether oxygens (including phenoxy) is 1. The largest absolute Gasteiger partial charge is 0.453 e. The van der Waals surface area contributed by atoms with Gasteiger partial charge in [0.25, 0.3) is 0 Å². The molecule has 0 saturated carbocycles. The molecule has 0 aliphatic rings. The number of nitrogens with zero attached hydrogens (tertiary/aromatic N) is 2. The number of carbonyl (C=O) groups is 1. The molecule has 2 aromatic rings. The van der Waals surface area contributed by atoms with Crippen molar-refractivity contribution in [2.75, 3.05) is 19.5 Å². The zero-order valence-corrected chi connectivity index (χ0v) is 15.2. The Labute approximate surface area is 156 Å². The standard InChI is InChI=1S/C19H20FN3O4/c1-13(16-6-4-5-7-17(16)22-19(24)25-2)27-21-12-18(23-26-3)14-8-10-15(20)11-9-14/h4-13H,1-3H3,(H,22,24)/b21-12+,23-18+. The summed E-state index contributed by atoms with van der Waals surface area (Å²) in [5, 5.41) is 10.4. The maximum atomic E-state index is 13.1. The molecule has 0 spiro atoms. The number of anilines is 1. The lowest BCUT2D eigenvalue weighted by Crippen LogP contribution is -2.13. The lowest BCUT2D eigenvalue weighted by atomic mass is 10.1. The molecule has 0 saturated heterocycles. The second kappa shape index (κ2) is 9.91. The van der Waals surface area contributed by atoms with Gasteiger partial charge in [0, 0.05) is 11.1 Å². The third-order valence-electron chi connectivity index (χ3n) is 3.54. The summed E-state index contributed by atoms with van der Waals surface area (Å²) in [5.74, 6) is -0.355. The lowest BCUT2D eigenvalue weighted by Gasteiger charge is -2.15. The zero-order valence-electron chi connectivity index (χ0n) is 15.2. The minimum Gasteiger partial charge on any atom is -0.453 e. The van der Waals surface area contributed by atoms with Crippen molar-refractivity contribution in [1.82, 2.24) is 0 Å². The fourth-order valence-corrected chi connectivity index (χ4v) is 2.22. The zero-order chi connectivity index (χ0) is 19.6. The van der Waals surface area contributed by atoms with Gasteiger partial charge in [0.05, 0.1) is 19.0 Å². The Hall–Kier alpha value is -3.42. The van der Waals surface area contributed by atoms with E-state index in [1.165, 1.54) is 32.6 Å². The van der Waals surface area contributed by atoms with Crippen LogP contribution in [0, 0.1) is 5.82 Å². The molecule has 0 fully saturated rings. The summed E-state index contributed by atoms with van der Waals surface area (Å²) in [6.07, 6.45) is 0.319. The number of oxime groups is 2. The van der Waals surface area contributed by atoms with Crippen molar-refractivity contribution in [2.24, 2.45) is 10.3 Å². The SMILES string of the molecule is CO/N=C(\C=N\OC(C)c1ccccc1NC(=O)OC)c1ccc(F)cc1. The third kappa shape index (κ3) is 5.81. The van der Waals surface area contributed by atoms with Gasteiger partial charge in [0.1, 0.15) is 18.6 Å². The van der Waals surface area contributed by atoms with Gasteiger partial charge in [0.2, 0.25) is 0 Å². The van der Waals surface area contributed by atoms with Crippen LogP contribution < -0.4 is 5.32 Å². The molecule has 0 radical (unpaired) electrons. The van der Waals surface area contributed by atoms with Gasteiger partial charge >= 0.3 is 6.09 Å². The highest BCUT2D eigenvalue weighted by Gasteiger charge is 2.13. The predicted molar refractivity (Wildman–Crippen MR) is 100 cm³/mol. The van der Waals surface area contributed by atoms with Crippen LogP contribution >= 0.6 is 0 Å². The van der Waals surface area contributed by atoms with E-state index in [9.17, 15) is 9.18 Å². The number of nitrogens with one attached hydrogen (secondary N) is 1. The molecule has 2 aromatic carbocycles. The van der Waals surface area contributed by atoms with Crippen molar-refractivity contribution < 1.29 is 23.6 Å². The van der Waals surface area contributed by atoms with Crippen LogP contribution in [0.4, 0.5) is 14.9 Å². The highest BCUT2D eigenvalue weighted by Crippen LogP contribution is 2.25. The van der Waals surface area contributed by atoms with Crippen LogP contribution in [0.15, 0.2) is 58.8 Å². The first-order valence-corrected chi connectivity index (χ1v) is 8.05. The molecule has 1 N–H and O–H groups in total. The maximum Gasteiger partial charge on any atom is 0.411 e. The van der Waals surface area contributed by atoms with E-state index in [2.05, 4.69) is 20.4 Å². The molecule has 1 amide bonds. The first kappa shape index (κ1) is 19.9. The lowest BCUT2D eigenvalue weighted by molar-refractivity contribution is 0.0743. The van der Waals surface area contributed by atoms with Crippen LogP contribution in [0.1, 0.15) is 24.2 Å². The minimum atomic E-state index is -0.580. The Morgan fingerprint density at radius 3 is 2.52 bits per heavy atom. The summed E-state index contributed by atoms with van der Waals surface area (Å²) >= 11 is 0. The van der Waals surface area contributed by atoms with E-state index in [1.54, 1.807) is 37.3 Å². The third-order valence-corrected chi connectivity index (χ3v) is 3.54. The van der Waals surface area contributed by atoms with E-state index in [1.807, 2.05) is 6.07 Å². The summed E-state index contributed by atoms with van der Waals surface area (Å²) in [6.45, 7) is 1.78. The molecule has 0 heterocycles. The molecular weight excluding hydrogens is 353 g/mol. The molecule has 142 valence electrons. The smallest absolute Gasteiger partial charge is 0.411 e. The topological polar surface area (TPSA) is 81.5 Å². The second-order valence-electron chi connectivity index (χ2n) is 5.35. The van der Waals surface area contributed by atoms with Gasteiger partial charge in [-0.1, -0.05) is 28.5 Å². The van der Waals surface area contributed by atoms with Crippen LogP contribution in [0.3, 0.4) is 0 Å². The number of halogens is 1. The second-order valence-corrected chi connectivity index (χ2v) is 5.35. The van der Waals surface area contributed by atoms with E-state index in [-0.39, 0.29) is 5.82 Å². The Morgan fingerprint density at radius 1 is 1.15 bits per heavy atom. The molecule has 7 nitrogen and oxygen atoms in total. The summed E-state index contributed by atoms with van der Waals surface area (Å²) in [6, 6.07) is 12.9. The van der Waals surface area contributed by atoms with Crippen molar-refractivity contribution in [1.29, 1.82) is 0 Å². The van der Waals surface area contributed by atoms with Crippen molar-refractivity contribution in [2.45, 2.75) is 13.0 Å². The number of hydrogen-bond donors (Lipinski definition) is 1. The number of amides is 1. The van der Waals surface area contributed by atoms with E-state index >= 15 is 0 Å². The summed E-state index contributed by atoms with van der Waals surface area (Å²) in [4.78, 5) is 21.7. The number of hydrogen-bond acceptors (Lipinski definition) is 6. The molecule has 1 unspecified atom stereocenters. The van der Waals surface area contributed by atoms with Crippen molar-refractivity contribution >= 4 is 23.7 Å². The molecule has 2 rings (SSSR count). The molecule has 0 aliphatic heterocycles. The van der Waals surface area contributed by atoms with Crippen LogP contribution in [0.25, 0.3) is 0 Å². The van der Waals surface area contributed by atoms with E-state index in [0.29, 0.717) is 22.5 Å². The minimum absolute atomic E-state index is 0.355. The molecule has 0 aliphatic carbocycles. The monoisotopic (exact) mass is 373 g/mol. The Morgan fingerprint density at radius 2 is 1.85 bits per heavy atom. The molecule has 1 atom stereocenters. The van der Waals surface area contributed by atoms with Crippen LogP contribution in [-0.4, -0.2) is 32.2 Å². The van der Waals surface area contributed by atoms with Gasteiger partial charge in [-0.25, -0.2) is 9.18 Å². The van der Waals surface area contributed by atoms with Gasteiger partial charge in [-0.05, 0) is 37.3 Å². The first-order chi connectivity index (χ1) is 13.0. The average molecular weight is 373 g/mol. The van der Waals surface area contributed by atoms with E-state index in [0.717, 1.165) is 0 Å². The highest BCUT2D eigenvalue weighted by atomic mass is 19.1. The Bertz CT molecular complexity index is 822. The highest BCUT2D eigenvalue weighted by molar-refractivity contribution is 6.37. The number of carbonyl (C=O) groups excluding carboxylic acids is 1. The molecular formula is C19H20FN3O4. The fraction of sp³-hybridized carbons (Fsp3) is 0.211. The molecule has 8 heteroatoms. The van der Waals surface area contributed by atoms with Gasteiger partial charge in [0.15, 0.2) is 6.10 Å². The van der Waals surface area contributed by atoms with Crippen LogP contribution in [0.2, 0.25) is 0 Å². The first-order valence-electron chi connectivity index (χ1n) is 8.05. The summed E-state index contributed by atoms with van der Waals surface area (Å²) in [7, 11) is 2.68. The molecule has 0 bridgehead atoms. The normalized spacial score (nSPS) is 12.5. The molecule has 0 aromatic heterocycles. The summed E-state index contributed by atoms with van der Waals surface area (Å²) in [5.41, 5.74) is 2.25. The van der Waals surface area contributed by atoms with E-state index < -0.39 is 12.2 Å². The van der Waals surface area contributed by atoms with Gasteiger partial charge in [-0.2, -0.15) is 0 Å². The maximum absolute atomic E-state index is 13.1. The number of benzene rings is 2. The van der Waals surface area contributed by atoms with Crippen molar-refractivity contribution in [3.05, 3.63) is 65.5 Å². The average Bonchev–Trinajstić information content (AvgIpc) is 2.68. The van der Waals surface area contributed by atoms with E-state index in [4.69, 9.17) is 9.68 Å². The van der Waals surface area contributed by atoms with Gasteiger partial charge in [-0.3, -0.25) is 5.32 Å². The predicted octanol–water partition coefficient (Wildman–Crippen LogP) is 4.12. The molecule has 27 heavy (non-hydrogen) atoms. The Balaban J connectivity index is 2.11. The summed E-state index contributed by atoms with van der Waals surface area (Å²) < 4.78 is 17.7. The van der Waals surface area contributed by atoms with Crippen LogP contribution in [-0.2, 0) is 14.4 Å². The van der Waals surface area contributed by atoms with Gasteiger partial charge in [-0.15, -0.1) is 0 Å². The Kier molecular flexibility index (Phi) is 7.30. The quantitative estimate of drug-likeness (QED) is 0.585. The van der Waals surface area contributed by atoms with Gasteiger partial charge < -0.3 is 14.4 Å².